The molecule has 3 heterocycles. The van der Waals surface area contributed by atoms with Gasteiger partial charge in [-0.1, -0.05) is 23.9 Å². The molecule has 6 nitrogen and oxygen atoms in total. The van der Waals surface area contributed by atoms with Crippen molar-refractivity contribution in [2.45, 2.75) is 12.8 Å². The van der Waals surface area contributed by atoms with Crippen molar-refractivity contribution in [3.05, 3.63) is 24.3 Å². The molecule has 0 aliphatic carbocycles. The lowest BCUT2D eigenvalue weighted by atomic mass is 10.2. The molecule has 0 spiro atoms. The number of aromatic nitrogens is 1. The zero-order chi connectivity index (χ0) is 17.9. The Labute approximate surface area is 185 Å². The van der Waals surface area contributed by atoms with Gasteiger partial charge in [0, 0.05) is 38.1 Å². The Balaban J connectivity index is 0.00000140. The molecule has 2 aromatic rings. The molecular weight excluding hydrogens is 439 g/mol. The Bertz CT molecular complexity index is 796. The highest BCUT2D eigenvalue weighted by molar-refractivity contribution is 8.14. The number of hydrogen-bond acceptors (Lipinski definition) is 7. The molecule has 0 saturated carbocycles. The van der Waals surface area contributed by atoms with Crippen LogP contribution in [0.5, 0.6) is 0 Å². The standard InChI is InChI=1S/C18H22N4O2S2.2ClH/c23-16-13-25-18(24)22(16)8-4-3-7-20-9-11-21(12-10-20)17-14-5-1-2-6-15(14)26-19-17;;/h1-2,5-6H,3-4,7-13H2;2*1H. The fraction of sp³-hybridized carbons (Fsp3) is 0.500. The summed E-state index contributed by atoms with van der Waals surface area (Å²) in [7, 11) is 0. The number of hydrogen-bond donors (Lipinski definition) is 0. The molecule has 1 aromatic heterocycles. The SMILES string of the molecule is Cl.Cl.O=C1CSC(=O)N1CCCCN1CCN(c2nsc3ccccc23)CC1. The molecule has 0 radical (unpaired) electrons. The Morgan fingerprint density at radius 3 is 2.39 bits per heavy atom. The molecular formula is C18H24Cl2N4O2S2. The second-order valence-electron chi connectivity index (χ2n) is 6.64. The van der Waals surface area contributed by atoms with Gasteiger partial charge in [-0.2, -0.15) is 4.37 Å². The van der Waals surface area contributed by atoms with Crippen LogP contribution in [0, 0.1) is 0 Å². The second-order valence-corrected chi connectivity index (χ2v) is 8.37. The largest absolute Gasteiger partial charge is 0.353 e. The molecule has 2 aliphatic rings. The molecule has 0 N–H and O–H groups in total. The number of anilines is 1. The summed E-state index contributed by atoms with van der Waals surface area (Å²) in [5.41, 5.74) is 0. The van der Waals surface area contributed by atoms with Crippen molar-refractivity contribution in [1.29, 1.82) is 0 Å². The Morgan fingerprint density at radius 2 is 1.68 bits per heavy atom. The number of thioether (sulfide) groups is 1. The first kappa shape index (κ1) is 23.2. The summed E-state index contributed by atoms with van der Waals surface area (Å²) in [5, 5.41) is 1.17. The number of nitrogens with zero attached hydrogens (tertiary/aromatic N) is 4. The molecule has 154 valence electrons. The number of carbonyl (C=O) groups excluding carboxylic acids is 2. The minimum Gasteiger partial charge on any atom is -0.353 e. The lowest BCUT2D eigenvalue weighted by molar-refractivity contribution is -0.124. The van der Waals surface area contributed by atoms with E-state index >= 15 is 0 Å². The van der Waals surface area contributed by atoms with Gasteiger partial charge >= 0.3 is 0 Å². The lowest BCUT2D eigenvalue weighted by Gasteiger charge is -2.35. The van der Waals surface area contributed by atoms with E-state index in [1.165, 1.54) is 15.0 Å². The molecule has 2 amide bonds. The van der Waals surface area contributed by atoms with Gasteiger partial charge < -0.3 is 4.90 Å². The highest BCUT2D eigenvalue weighted by atomic mass is 35.5. The summed E-state index contributed by atoms with van der Waals surface area (Å²) in [4.78, 5) is 29.4. The van der Waals surface area contributed by atoms with Gasteiger partial charge in [0.2, 0.25) is 5.91 Å². The molecule has 2 aliphatic heterocycles. The summed E-state index contributed by atoms with van der Waals surface area (Å²) >= 11 is 2.69. The number of halogens is 2. The molecule has 10 heteroatoms. The van der Waals surface area contributed by atoms with Gasteiger partial charge in [-0.05, 0) is 43.1 Å². The fourth-order valence-corrected chi connectivity index (χ4v) is 5.03. The number of imide groups is 1. The quantitative estimate of drug-likeness (QED) is 0.609. The predicted molar refractivity (Wildman–Crippen MR) is 122 cm³/mol. The van der Waals surface area contributed by atoms with Gasteiger partial charge in [-0.25, -0.2) is 0 Å². The fourth-order valence-electron chi connectivity index (χ4n) is 3.49. The van der Waals surface area contributed by atoms with Crippen LogP contribution < -0.4 is 4.90 Å². The third-order valence-corrected chi connectivity index (χ3v) is 6.65. The second kappa shape index (κ2) is 10.6. The maximum Gasteiger partial charge on any atom is 0.288 e. The lowest BCUT2D eigenvalue weighted by Crippen LogP contribution is -2.46. The maximum absolute atomic E-state index is 11.6. The molecule has 1 aromatic carbocycles. The Morgan fingerprint density at radius 1 is 0.964 bits per heavy atom. The van der Waals surface area contributed by atoms with E-state index in [0.29, 0.717) is 12.3 Å². The number of benzene rings is 1. The topological polar surface area (TPSA) is 56.8 Å². The van der Waals surface area contributed by atoms with Crippen LogP contribution in [0.15, 0.2) is 24.3 Å². The smallest absolute Gasteiger partial charge is 0.288 e. The monoisotopic (exact) mass is 462 g/mol. The van der Waals surface area contributed by atoms with Crippen molar-refractivity contribution in [3.63, 3.8) is 0 Å². The van der Waals surface area contributed by atoms with Crippen molar-refractivity contribution in [2.75, 3.05) is 49.9 Å². The minimum atomic E-state index is -0.0842. The number of rotatable bonds is 6. The van der Waals surface area contributed by atoms with E-state index in [4.69, 9.17) is 0 Å². The molecule has 2 saturated heterocycles. The van der Waals surface area contributed by atoms with E-state index in [1.807, 2.05) is 0 Å². The zero-order valence-corrected chi connectivity index (χ0v) is 18.7. The molecule has 0 atom stereocenters. The first-order valence-corrected chi connectivity index (χ1v) is 10.8. The van der Waals surface area contributed by atoms with Crippen molar-refractivity contribution < 1.29 is 9.59 Å². The average molecular weight is 463 g/mol. The van der Waals surface area contributed by atoms with Crippen LogP contribution in [-0.4, -0.2) is 70.3 Å². The summed E-state index contributed by atoms with van der Waals surface area (Å²) in [6, 6.07) is 8.41. The normalized spacial score (nSPS) is 17.7. The molecule has 0 unspecified atom stereocenters. The Hall–Kier alpha value is -1.06. The van der Waals surface area contributed by atoms with Gasteiger partial charge in [0.25, 0.3) is 5.24 Å². The summed E-state index contributed by atoms with van der Waals surface area (Å²) in [6.45, 7) is 5.64. The minimum absolute atomic E-state index is 0. The highest BCUT2D eigenvalue weighted by Crippen LogP contribution is 2.29. The van der Waals surface area contributed by atoms with Crippen molar-refractivity contribution in [1.82, 2.24) is 14.2 Å². The van der Waals surface area contributed by atoms with E-state index in [0.717, 1.165) is 63.1 Å². The van der Waals surface area contributed by atoms with Crippen LogP contribution in [0.2, 0.25) is 0 Å². The summed E-state index contributed by atoms with van der Waals surface area (Å²) < 4.78 is 5.90. The van der Waals surface area contributed by atoms with Crippen molar-refractivity contribution >= 4 is 75.2 Å². The summed E-state index contributed by atoms with van der Waals surface area (Å²) in [5.74, 6) is 1.39. The van der Waals surface area contributed by atoms with E-state index in [1.54, 1.807) is 11.5 Å². The molecule has 28 heavy (non-hydrogen) atoms. The first-order chi connectivity index (χ1) is 12.7. The van der Waals surface area contributed by atoms with Crippen LogP contribution in [0.25, 0.3) is 10.1 Å². The number of carbonyl (C=O) groups is 2. The van der Waals surface area contributed by atoms with E-state index in [-0.39, 0.29) is 36.0 Å². The van der Waals surface area contributed by atoms with Crippen LogP contribution in [0.3, 0.4) is 0 Å². The Kier molecular flexibility index (Phi) is 8.82. The van der Waals surface area contributed by atoms with Gasteiger partial charge in [-0.15, -0.1) is 24.8 Å². The number of piperazine rings is 1. The predicted octanol–water partition coefficient (Wildman–Crippen LogP) is 3.74. The van der Waals surface area contributed by atoms with Gasteiger partial charge in [0.15, 0.2) is 0 Å². The highest BCUT2D eigenvalue weighted by Gasteiger charge is 2.29. The van der Waals surface area contributed by atoms with Crippen LogP contribution >= 0.6 is 48.1 Å². The van der Waals surface area contributed by atoms with Crippen molar-refractivity contribution in [3.8, 4) is 0 Å². The van der Waals surface area contributed by atoms with Gasteiger partial charge in [0.1, 0.15) is 5.82 Å². The molecule has 0 bridgehead atoms. The van der Waals surface area contributed by atoms with Gasteiger partial charge in [0.05, 0.1) is 10.5 Å². The number of unbranched alkanes of at least 4 members (excludes halogenated alkanes) is 1. The molecule has 2 fully saturated rings. The number of fused-ring (bicyclic) bond motifs is 1. The maximum atomic E-state index is 11.6. The first-order valence-electron chi connectivity index (χ1n) is 9.01. The third kappa shape index (κ3) is 5.10. The van der Waals surface area contributed by atoms with E-state index in [2.05, 4.69) is 38.4 Å². The summed E-state index contributed by atoms with van der Waals surface area (Å²) in [6.07, 6.45) is 1.90. The van der Waals surface area contributed by atoms with Crippen molar-refractivity contribution in [2.24, 2.45) is 0 Å². The van der Waals surface area contributed by atoms with E-state index in [9.17, 15) is 9.59 Å². The number of amides is 2. The van der Waals surface area contributed by atoms with Gasteiger partial charge in [-0.3, -0.25) is 19.4 Å². The average Bonchev–Trinajstić information content (AvgIpc) is 3.23. The molecule has 4 rings (SSSR count). The third-order valence-electron chi connectivity index (χ3n) is 4.98. The zero-order valence-electron chi connectivity index (χ0n) is 15.4. The van der Waals surface area contributed by atoms with Crippen LogP contribution in [-0.2, 0) is 4.79 Å². The van der Waals surface area contributed by atoms with Crippen LogP contribution in [0.4, 0.5) is 10.6 Å². The van der Waals surface area contributed by atoms with Crippen LogP contribution in [0.1, 0.15) is 12.8 Å². The van der Waals surface area contributed by atoms with E-state index < -0.39 is 0 Å².